The first-order valence-electron chi connectivity index (χ1n) is 5.62. The molecular formula is C10H14BrN5O2S. The molecule has 104 valence electrons. The predicted octanol–water partition coefficient (Wildman–Crippen LogP) is 1.83. The number of imidazole rings is 1. The molecule has 2 aromatic heterocycles. The molecule has 19 heavy (non-hydrogen) atoms. The van der Waals surface area contributed by atoms with Crippen LogP contribution in [0.5, 0.6) is 0 Å². The van der Waals surface area contributed by atoms with Crippen molar-refractivity contribution in [3.05, 3.63) is 23.3 Å². The summed E-state index contributed by atoms with van der Waals surface area (Å²) >= 11 is 3.07. The van der Waals surface area contributed by atoms with Crippen molar-refractivity contribution >= 4 is 31.6 Å². The Morgan fingerprint density at radius 3 is 2.84 bits per heavy atom. The zero-order chi connectivity index (χ0) is 14.0. The van der Waals surface area contributed by atoms with Gasteiger partial charge in [0.05, 0.1) is 18.2 Å². The number of sulfonamides is 1. The molecule has 0 spiro atoms. The van der Waals surface area contributed by atoms with Crippen LogP contribution in [0, 0.1) is 5.92 Å². The normalized spacial score (nSPS) is 12.0. The summed E-state index contributed by atoms with van der Waals surface area (Å²) in [7, 11) is -3.68. The van der Waals surface area contributed by atoms with Gasteiger partial charge in [-0.25, -0.2) is 4.98 Å². The Hall–Kier alpha value is -1.35. The molecule has 0 saturated carbocycles. The summed E-state index contributed by atoms with van der Waals surface area (Å²) in [6.45, 7) is 4.86. The van der Waals surface area contributed by atoms with E-state index in [2.05, 4.69) is 49.6 Å². The smallest absolute Gasteiger partial charge is 0.280 e. The van der Waals surface area contributed by atoms with E-state index in [1.165, 1.54) is 12.5 Å². The minimum Gasteiger partial charge on any atom is -0.333 e. The predicted molar refractivity (Wildman–Crippen MR) is 74.2 cm³/mol. The molecule has 0 saturated heterocycles. The van der Waals surface area contributed by atoms with Gasteiger partial charge in [-0.2, -0.15) is 13.5 Å². The van der Waals surface area contributed by atoms with Gasteiger partial charge in [0.25, 0.3) is 10.0 Å². The quantitative estimate of drug-likeness (QED) is 0.862. The Bertz CT molecular complexity index is 661. The second-order valence-corrected chi connectivity index (χ2v) is 6.84. The number of hydrogen-bond donors (Lipinski definition) is 2. The van der Waals surface area contributed by atoms with E-state index in [1.54, 1.807) is 10.9 Å². The van der Waals surface area contributed by atoms with Gasteiger partial charge in [0.1, 0.15) is 4.60 Å². The highest BCUT2D eigenvalue weighted by atomic mass is 79.9. The van der Waals surface area contributed by atoms with E-state index < -0.39 is 10.0 Å². The second kappa shape index (κ2) is 5.33. The van der Waals surface area contributed by atoms with Crippen molar-refractivity contribution in [2.75, 3.05) is 4.72 Å². The largest absolute Gasteiger partial charge is 0.333 e. The maximum atomic E-state index is 12.1. The van der Waals surface area contributed by atoms with Crippen LogP contribution in [0.1, 0.15) is 13.8 Å². The number of anilines is 1. The number of nitrogens with one attached hydrogen (secondary N) is 2. The van der Waals surface area contributed by atoms with Crippen LogP contribution in [0.2, 0.25) is 0 Å². The topological polar surface area (TPSA) is 92.7 Å². The Morgan fingerprint density at radius 1 is 1.53 bits per heavy atom. The Kier molecular flexibility index (Phi) is 3.95. The summed E-state index contributed by atoms with van der Waals surface area (Å²) in [5.41, 5.74) is 0.419. The van der Waals surface area contributed by atoms with Crippen LogP contribution in [-0.2, 0) is 16.6 Å². The van der Waals surface area contributed by atoms with Crippen molar-refractivity contribution in [1.82, 2.24) is 19.7 Å². The van der Waals surface area contributed by atoms with Crippen LogP contribution >= 0.6 is 15.9 Å². The lowest BCUT2D eigenvalue weighted by atomic mass is 10.2. The lowest BCUT2D eigenvalue weighted by Crippen LogP contribution is -2.13. The molecule has 2 heterocycles. The van der Waals surface area contributed by atoms with Crippen molar-refractivity contribution in [2.45, 2.75) is 25.4 Å². The number of aromatic amines is 1. The standard InChI is InChI=1S/C10H14BrN5O2S/c1-7(2)4-16-5-8(3-14-16)15-19(17,18)10-9(11)12-6-13-10/h3,5-7,15H,4H2,1-2H3,(H,12,13). The zero-order valence-electron chi connectivity index (χ0n) is 10.5. The number of rotatable bonds is 5. The van der Waals surface area contributed by atoms with Gasteiger partial charge in [-0.15, -0.1) is 0 Å². The molecule has 0 aliphatic rings. The first-order valence-corrected chi connectivity index (χ1v) is 7.90. The van der Waals surface area contributed by atoms with Crippen LogP contribution in [0.3, 0.4) is 0 Å². The van der Waals surface area contributed by atoms with Gasteiger partial charge in [-0.3, -0.25) is 9.40 Å². The minimum atomic E-state index is -3.68. The van der Waals surface area contributed by atoms with Gasteiger partial charge in [0, 0.05) is 12.7 Å². The summed E-state index contributed by atoms with van der Waals surface area (Å²) in [6, 6.07) is 0. The summed E-state index contributed by atoms with van der Waals surface area (Å²) < 4.78 is 28.5. The molecule has 2 rings (SSSR count). The Balaban J connectivity index is 2.17. The molecule has 7 nitrogen and oxygen atoms in total. The fourth-order valence-corrected chi connectivity index (χ4v) is 3.41. The summed E-state index contributed by atoms with van der Waals surface area (Å²) in [5.74, 6) is 0.436. The molecule has 0 bridgehead atoms. The van der Waals surface area contributed by atoms with E-state index in [-0.39, 0.29) is 9.63 Å². The highest BCUT2D eigenvalue weighted by molar-refractivity contribution is 9.10. The average molecular weight is 348 g/mol. The molecule has 0 aliphatic heterocycles. The van der Waals surface area contributed by atoms with E-state index in [9.17, 15) is 8.42 Å². The van der Waals surface area contributed by atoms with Crippen LogP contribution in [0.15, 0.2) is 28.4 Å². The number of nitrogens with zero attached hydrogens (tertiary/aromatic N) is 3. The van der Waals surface area contributed by atoms with E-state index in [0.29, 0.717) is 11.6 Å². The third kappa shape index (κ3) is 3.35. The van der Waals surface area contributed by atoms with Crippen molar-refractivity contribution < 1.29 is 8.42 Å². The SMILES string of the molecule is CC(C)Cn1cc(NS(=O)(=O)c2[nH]cnc2Br)cn1. The maximum Gasteiger partial charge on any atom is 0.280 e. The number of H-pyrrole nitrogens is 1. The monoisotopic (exact) mass is 347 g/mol. The number of halogens is 1. The lowest BCUT2D eigenvalue weighted by Gasteiger charge is -2.05. The molecule has 0 aliphatic carbocycles. The first-order chi connectivity index (χ1) is 8.88. The molecule has 0 amide bonds. The molecule has 2 N–H and O–H groups in total. The molecular weight excluding hydrogens is 334 g/mol. The maximum absolute atomic E-state index is 12.1. The first kappa shape index (κ1) is 14.1. The highest BCUT2D eigenvalue weighted by Gasteiger charge is 2.20. The van der Waals surface area contributed by atoms with E-state index in [0.717, 1.165) is 6.54 Å². The van der Waals surface area contributed by atoms with E-state index in [1.807, 2.05) is 0 Å². The van der Waals surface area contributed by atoms with Gasteiger partial charge in [-0.1, -0.05) is 13.8 Å². The van der Waals surface area contributed by atoms with Crippen molar-refractivity contribution in [2.24, 2.45) is 5.92 Å². The molecule has 2 aromatic rings. The second-order valence-electron chi connectivity index (χ2n) is 4.47. The van der Waals surface area contributed by atoms with Crippen LogP contribution in [-0.4, -0.2) is 28.2 Å². The van der Waals surface area contributed by atoms with E-state index in [4.69, 9.17) is 0 Å². The van der Waals surface area contributed by atoms with Crippen molar-refractivity contribution in [1.29, 1.82) is 0 Å². The van der Waals surface area contributed by atoms with Crippen molar-refractivity contribution in [3.63, 3.8) is 0 Å². The summed E-state index contributed by atoms with van der Waals surface area (Å²) in [6.07, 6.45) is 4.44. The molecule has 0 aromatic carbocycles. The third-order valence-electron chi connectivity index (χ3n) is 2.27. The molecule has 9 heteroatoms. The molecule has 0 unspecified atom stereocenters. The summed E-state index contributed by atoms with van der Waals surface area (Å²) in [4.78, 5) is 6.36. The van der Waals surface area contributed by atoms with Gasteiger partial charge in [-0.05, 0) is 21.8 Å². The van der Waals surface area contributed by atoms with Gasteiger partial charge in [0.15, 0.2) is 5.03 Å². The number of hydrogen-bond acceptors (Lipinski definition) is 4. The van der Waals surface area contributed by atoms with Crippen molar-refractivity contribution in [3.8, 4) is 0 Å². The Morgan fingerprint density at radius 2 is 2.26 bits per heavy atom. The fraction of sp³-hybridized carbons (Fsp3) is 0.400. The average Bonchev–Trinajstić information content (AvgIpc) is 2.86. The van der Waals surface area contributed by atoms with Crippen LogP contribution < -0.4 is 4.72 Å². The van der Waals surface area contributed by atoms with Gasteiger partial charge in [0.2, 0.25) is 0 Å². The van der Waals surface area contributed by atoms with Gasteiger partial charge < -0.3 is 4.98 Å². The van der Waals surface area contributed by atoms with E-state index >= 15 is 0 Å². The lowest BCUT2D eigenvalue weighted by molar-refractivity contribution is 0.483. The van der Waals surface area contributed by atoms with Crippen LogP contribution in [0.4, 0.5) is 5.69 Å². The Labute approximate surface area is 119 Å². The fourth-order valence-electron chi connectivity index (χ4n) is 1.55. The molecule has 0 radical (unpaired) electrons. The third-order valence-corrected chi connectivity index (χ3v) is 4.48. The zero-order valence-corrected chi connectivity index (χ0v) is 12.9. The molecule has 0 atom stereocenters. The van der Waals surface area contributed by atoms with Gasteiger partial charge >= 0.3 is 0 Å². The summed E-state index contributed by atoms with van der Waals surface area (Å²) in [5, 5.41) is 4.09. The highest BCUT2D eigenvalue weighted by Crippen LogP contribution is 2.20. The minimum absolute atomic E-state index is 0.0101. The number of aromatic nitrogens is 4. The molecule has 0 fully saturated rings. The van der Waals surface area contributed by atoms with Crippen LogP contribution in [0.25, 0.3) is 0 Å².